The zero-order valence-electron chi connectivity index (χ0n) is 11.6. The largest absolute Gasteiger partial charge is 0.465 e. The van der Waals surface area contributed by atoms with Gasteiger partial charge >= 0.3 is 6.09 Å². The number of benzene rings is 1. The summed E-state index contributed by atoms with van der Waals surface area (Å²) in [5.74, 6) is 0. The zero-order valence-corrected chi connectivity index (χ0v) is 11.6. The van der Waals surface area contributed by atoms with Crippen LogP contribution in [0.5, 0.6) is 0 Å². The number of hydrogen-bond donors (Lipinski definition) is 2. The maximum atomic E-state index is 11.3. The molecule has 0 saturated carbocycles. The maximum absolute atomic E-state index is 11.3. The highest BCUT2D eigenvalue weighted by Gasteiger charge is 2.24. The molecule has 5 nitrogen and oxygen atoms in total. The summed E-state index contributed by atoms with van der Waals surface area (Å²) in [5.41, 5.74) is 1.11. The average Bonchev–Trinajstić information content (AvgIpc) is 2.49. The molecule has 1 aliphatic rings. The number of ether oxygens (including phenoxy) is 1. The van der Waals surface area contributed by atoms with E-state index in [0.29, 0.717) is 19.8 Å². The Hall–Kier alpha value is -1.59. The van der Waals surface area contributed by atoms with Crippen LogP contribution in [0.4, 0.5) is 4.79 Å². The van der Waals surface area contributed by atoms with Crippen molar-refractivity contribution in [3.8, 4) is 0 Å². The van der Waals surface area contributed by atoms with Crippen molar-refractivity contribution >= 4 is 6.09 Å². The molecule has 0 bridgehead atoms. The smallest absolute Gasteiger partial charge is 0.407 e. The molecule has 1 aromatic carbocycles. The Labute approximate surface area is 119 Å². The third kappa shape index (κ3) is 4.51. The van der Waals surface area contributed by atoms with Crippen LogP contribution in [-0.4, -0.2) is 48.4 Å². The first-order valence-corrected chi connectivity index (χ1v) is 7.09. The van der Waals surface area contributed by atoms with Crippen molar-refractivity contribution in [3.63, 3.8) is 0 Å². The fourth-order valence-electron chi connectivity index (χ4n) is 2.46. The van der Waals surface area contributed by atoms with Crippen molar-refractivity contribution in [3.05, 3.63) is 35.9 Å². The molecular formula is C15H22N2O3. The number of rotatable bonds is 6. The lowest BCUT2D eigenvalue weighted by Crippen LogP contribution is -2.49. The van der Waals surface area contributed by atoms with Gasteiger partial charge in [-0.05, 0) is 24.9 Å². The van der Waals surface area contributed by atoms with E-state index in [-0.39, 0.29) is 6.04 Å². The Bertz CT molecular complexity index is 405. The van der Waals surface area contributed by atoms with Gasteiger partial charge < -0.3 is 20.1 Å². The summed E-state index contributed by atoms with van der Waals surface area (Å²) in [5, 5.41) is 12.5. The molecule has 1 amide bonds. The van der Waals surface area contributed by atoms with Crippen molar-refractivity contribution in [2.45, 2.75) is 25.5 Å². The van der Waals surface area contributed by atoms with Crippen molar-refractivity contribution in [1.29, 1.82) is 0 Å². The summed E-state index contributed by atoms with van der Waals surface area (Å²) in [7, 11) is 0. The van der Waals surface area contributed by atoms with Crippen LogP contribution in [0.15, 0.2) is 30.3 Å². The highest BCUT2D eigenvalue weighted by molar-refractivity contribution is 5.65. The number of carboxylic acid groups (broad SMARTS) is 1. The number of nitrogens with zero attached hydrogens (tertiary/aromatic N) is 1. The second kappa shape index (κ2) is 7.87. The van der Waals surface area contributed by atoms with E-state index in [9.17, 15) is 9.90 Å². The number of amides is 1. The summed E-state index contributed by atoms with van der Waals surface area (Å²) >= 11 is 0. The van der Waals surface area contributed by atoms with Gasteiger partial charge in [-0.2, -0.15) is 0 Å². The Kier molecular flexibility index (Phi) is 5.83. The lowest BCUT2D eigenvalue weighted by molar-refractivity contribution is 0.0669. The van der Waals surface area contributed by atoms with Gasteiger partial charge in [-0.25, -0.2) is 4.79 Å². The number of carbonyl (C=O) groups is 1. The average molecular weight is 278 g/mol. The molecule has 1 fully saturated rings. The van der Waals surface area contributed by atoms with Gasteiger partial charge in [0.05, 0.1) is 13.2 Å². The first kappa shape index (κ1) is 14.8. The van der Waals surface area contributed by atoms with E-state index in [1.807, 2.05) is 30.3 Å². The molecular weight excluding hydrogens is 256 g/mol. The van der Waals surface area contributed by atoms with Gasteiger partial charge in [0, 0.05) is 19.1 Å². The van der Waals surface area contributed by atoms with Gasteiger partial charge in [-0.15, -0.1) is 0 Å². The Morgan fingerprint density at radius 2 is 2.20 bits per heavy atom. The minimum absolute atomic E-state index is 0.0709. The summed E-state index contributed by atoms with van der Waals surface area (Å²) in [6.07, 6.45) is 1.10. The first-order chi connectivity index (χ1) is 9.77. The van der Waals surface area contributed by atoms with Crippen LogP contribution < -0.4 is 5.32 Å². The van der Waals surface area contributed by atoms with E-state index in [4.69, 9.17) is 4.74 Å². The Morgan fingerprint density at radius 1 is 1.40 bits per heavy atom. The monoisotopic (exact) mass is 278 g/mol. The van der Waals surface area contributed by atoms with Crippen LogP contribution in [-0.2, 0) is 11.3 Å². The molecule has 1 atom stereocenters. The van der Waals surface area contributed by atoms with Crippen LogP contribution in [0.2, 0.25) is 0 Å². The van der Waals surface area contributed by atoms with E-state index < -0.39 is 6.09 Å². The lowest BCUT2D eigenvalue weighted by atomic mass is 10.1. The van der Waals surface area contributed by atoms with Crippen molar-refractivity contribution in [1.82, 2.24) is 10.2 Å². The number of hydrogen-bond acceptors (Lipinski definition) is 3. The van der Waals surface area contributed by atoms with Crippen LogP contribution in [0, 0.1) is 0 Å². The molecule has 1 aromatic rings. The van der Waals surface area contributed by atoms with E-state index >= 15 is 0 Å². The molecule has 1 saturated heterocycles. The minimum Gasteiger partial charge on any atom is -0.465 e. The van der Waals surface area contributed by atoms with Crippen LogP contribution in [0.3, 0.4) is 0 Å². The van der Waals surface area contributed by atoms with Gasteiger partial charge in [0.15, 0.2) is 0 Å². The molecule has 5 heteroatoms. The van der Waals surface area contributed by atoms with Crippen molar-refractivity contribution in [2.24, 2.45) is 0 Å². The number of piperidine rings is 1. The summed E-state index contributed by atoms with van der Waals surface area (Å²) < 4.78 is 5.57. The van der Waals surface area contributed by atoms with E-state index in [0.717, 1.165) is 31.5 Å². The molecule has 0 radical (unpaired) electrons. The van der Waals surface area contributed by atoms with Crippen LogP contribution in [0.25, 0.3) is 0 Å². The number of nitrogens with one attached hydrogen (secondary N) is 1. The van der Waals surface area contributed by atoms with E-state index in [1.165, 1.54) is 4.90 Å². The fraction of sp³-hybridized carbons (Fsp3) is 0.533. The van der Waals surface area contributed by atoms with Gasteiger partial charge in [0.1, 0.15) is 0 Å². The molecule has 2 N–H and O–H groups in total. The van der Waals surface area contributed by atoms with Crippen molar-refractivity contribution in [2.75, 3.05) is 26.2 Å². The van der Waals surface area contributed by atoms with Crippen LogP contribution >= 0.6 is 0 Å². The Balaban J connectivity index is 1.73. The second-order valence-electron chi connectivity index (χ2n) is 5.01. The molecule has 0 unspecified atom stereocenters. The topological polar surface area (TPSA) is 61.8 Å². The predicted octanol–water partition coefficient (Wildman–Crippen LogP) is 1.94. The van der Waals surface area contributed by atoms with Crippen molar-refractivity contribution < 1.29 is 14.6 Å². The summed E-state index contributed by atoms with van der Waals surface area (Å²) in [6.45, 7) is 3.10. The SMILES string of the molecule is O=C(O)N(CCOCc1ccccc1)[C@H]1CCCNC1. The lowest BCUT2D eigenvalue weighted by Gasteiger charge is -2.32. The summed E-state index contributed by atoms with van der Waals surface area (Å²) in [6, 6.07) is 9.97. The standard InChI is InChI=1S/C15H22N2O3/c18-15(19)17(14-7-4-8-16-11-14)9-10-20-12-13-5-2-1-3-6-13/h1-3,5-6,14,16H,4,7-12H2,(H,18,19)/t14-/m0/s1. The maximum Gasteiger partial charge on any atom is 0.407 e. The third-order valence-electron chi connectivity index (χ3n) is 3.55. The molecule has 1 aliphatic heterocycles. The minimum atomic E-state index is -0.859. The summed E-state index contributed by atoms with van der Waals surface area (Å²) in [4.78, 5) is 12.8. The molecule has 2 rings (SSSR count). The van der Waals surface area contributed by atoms with Gasteiger partial charge in [0.25, 0.3) is 0 Å². The third-order valence-corrected chi connectivity index (χ3v) is 3.55. The quantitative estimate of drug-likeness (QED) is 0.781. The molecule has 1 heterocycles. The van der Waals surface area contributed by atoms with Gasteiger partial charge in [-0.1, -0.05) is 30.3 Å². The highest BCUT2D eigenvalue weighted by Crippen LogP contribution is 2.10. The zero-order chi connectivity index (χ0) is 14.2. The second-order valence-corrected chi connectivity index (χ2v) is 5.01. The van der Waals surface area contributed by atoms with E-state index in [1.54, 1.807) is 0 Å². The molecule has 0 aromatic heterocycles. The molecule has 0 spiro atoms. The fourth-order valence-corrected chi connectivity index (χ4v) is 2.46. The molecule has 0 aliphatic carbocycles. The van der Waals surface area contributed by atoms with E-state index in [2.05, 4.69) is 5.32 Å². The molecule has 110 valence electrons. The molecule has 20 heavy (non-hydrogen) atoms. The van der Waals surface area contributed by atoms with Crippen LogP contribution in [0.1, 0.15) is 18.4 Å². The Morgan fingerprint density at radius 3 is 2.85 bits per heavy atom. The first-order valence-electron chi connectivity index (χ1n) is 7.09. The predicted molar refractivity (Wildman–Crippen MR) is 76.7 cm³/mol. The highest BCUT2D eigenvalue weighted by atomic mass is 16.5. The van der Waals surface area contributed by atoms with Gasteiger partial charge in [-0.3, -0.25) is 0 Å². The van der Waals surface area contributed by atoms with Gasteiger partial charge in [0.2, 0.25) is 0 Å². The normalized spacial score (nSPS) is 18.7.